The lowest BCUT2D eigenvalue weighted by Crippen LogP contribution is -2.29. The highest BCUT2D eigenvalue weighted by Crippen LogP contribution is 2.39. The molecule has 0 aliphatic carbocycles. The lowest BCUT2D eigenvalue weighted by molar-refractivity contribution is 0.102. The van der Waals surface area contributed by atoms with E-state index in [0.717, 1.165) is 33.1 Å². The van der Waals surface area contributed by atoms with Crippen LogP contribution in [0.2, 0.25) is 0 Å². The van der Waals surface area contributed by atoms with Crippen molar-refractivity contribution in [1.29, 1.82) is 5.41 Å². The second-order valence-electron chi connectivity index (χ2n) is 9.61. The van der Waals surface area contributed by atoms with Gasteiger partial charge in [-0.3, -0.25) is 9.59 Å². The highest BCUT2D eigenvalue weighted by molar-refractivity contribution is 6.17. The van der Waals surface area contributed by atoms with Crippen LogP contribution in [-0.2, 0) is 0 Å². The maximum absolute atomic E-state index is 15.4. The Kier molecular flexibility index (Phi) is 7.23. The third-order valence-corrected chi connectivity index (χ3v) is 6.97. The first kappa shape index (κ1) is 28.1. The quantitative estimate of drug-likeness (QED) is 0.183. The predicted molar refractivity (Wildman–Crippen MR) is 162 cm³/mol. The van der Waals surface area contributed by atoms with Gasteiger partial charge in [-0.05, 0) is 67.6 Å². The van der Waals surface area contributed by atoms with Gasteiger partial charge >= 0.3 is 0 Å². The summed E-state index contributed by atoms with van der Waals surface area (Å²) in [5.41, 5.74) is 6.88. The molecule has 0 saturated carbocycles. The average Bonchev–Trinajstić information content (AvgIpc) is 3.62. The number of nitrogens with zero attached hydrogens (tertiary/aromatic N) is 3. The van der Waals surface area contributed by atoms with Gasteiger partial charge in [0.05, 0.1) is 24.0 Å². The molecule has 4 N–H and O–H groups in total. The molecule has 3 aromatic carbocycles. The maximum Gasteiger partial charge on any atom is 0.270 e. The van der Waals surface area contributed by atoms with Gasteiger partial charge in [-0.15, -0.1) is 0 Å². The molecule has 0 fully saturated rings. The molecule has 0 bridgehead atoms. The molecule has 3 heterocycles. The van der Waals surface area contributed by atoms with Gasteiger partial charge in [0.15, 0.2) is 11.6 Å². The predicted octanol–water partition coefficient (Wildman–Crippen LogP) is 5.75. The van der Waals surface area contributed by atoms with Crippen LogP contribution in [0.25, 0.3) is 27.5 Å². The summed E-state index contributed by atoms with van der Waals surface area (Å²) in [5, 5.41) is 16.1. The van der Waals surface area contributed by atoms with Crippen molar-refractivity contribution in [2.45, 2.75) is 6.92 Å². The Hall–Kier alpha value is -6.04. The number of halogens is 2. The number of amides is 1. The molecule has 12 heteroatoms. The van der Waals surface area contributed by atoms with E-state index in [9.17, 15) is 14.0 Å². The van der Waals surface area contributed by atoms with Gasteiger partial charge in [-0.2, -0.15) is 5.10 Å². The van der Waals surface area contributed by atoms with E-state index >= 15 is 4.39 Å². The topological polar surface area (TPSA) is 137 Å². The Morgan fingerprint density at radius 1 is 1.07 bits per heavy atom. The number of allylic oxidation sites excluding steroid dienone is 1. The number of benzene rings is 3. The summed E-state index contributed by atoms with van der Waals surface area (Å²) in [7, 11) is 0. The van der Waals surface area contributed by atoms with E-state index in [-0.39, 0.29) is 35.2 Å². The van der Waals surface area contributed by atoms with Crippen molar-refractivity contribution >= 4 is 39.7 Å². The Balaban J connectivity index is 1.30. The maximum atomic E-state index is 15.4. The molecule has 3 aromatic heterocycles. The van der Waals surface area contributed by atoms with Crippen LogP contribution in [0.4, 0.5) is 14.5 Å². The summed E-state index contributed by atoms with van der Waals surface area (Å²) >= 11 is 0. The van der Waals surface area contributed by atoms with Gasteiger partial charge in [0.1, 0.15) is 17.1 Å². The number of nitrogens with two attached hydrogens (primary N) is 1. The van der Waals surface area contributed by atoms with Crippen LogP contribution in [0, 0.1) is 17.0 Å². The minimum absolute atomic E-state index is 0.0713. The van der Waals surface area contributed by atoms with Gasteiger partial charge in [0.2, 0.25) is 5.88 Å². The Bertz CT molecular complexity index is 2140. The van der Waals surface area contributed by atoms with Crippen molar-refractivity contribution in [3.8, 4) is 23.1 Å². The summed E-state index contributed by atoms with van der Waals surface area (Å²) in [6.45, 7) is 1.99. The zero-order valence-corrected chi connectivity index (χ0v) is 23.2. The summed E-state index contributed by atoms with van der Waals surface area (Å²) in [6.07, 6.45) is 5.76. The molecule has 1 amide bonds. The molecule has 0 aliphatic heterocycles. The number of rotatable bonds is 9. The number of nitrogens with one attached hydrogen (secondary N) is 2. The monoisotopic (exact) mass is 594 g/mol. The van der Waals surface area contributed by atoms with E-state index in [2.05, 4.69) is 10.4 Å². The zero-order valence-electron chi connectivity index (χ0n) is 23.2. The SMILES string of the molecule is CCOc1ccc(C(=O)Nc2ccc(Oc3cc4cnn5ccc(c3/C(C=N)=C/N)c45)c(F)c2)c(=O)n1-c1ccc(F)cc1. The lowest BCUT2D eigenvalue weighted by Gasteiger charge is -2.15. The molecule has 0 saturated heterocycles. The van der Waals surface area contributed by atoms with Crippen LogP contribution in [0.3, 0.4) is 0 Å². The molecule has 6 rings (SSSR count). The molecule has 0 aliphatic rings. The first-order valence-corrected chi connectivity index (χ1v) is 13.4. The van der Waals surface area contributed by atoms with Crippen LogP contribution in [0.15, 0.2) is 90.1 Å². The number of ether oxygens (including phenoxy) is 2. The van der Waals surface area contributed by atoms with E-state index in [0.29, 0.717) is 16.8 Å². The summed E-state index contributed by atoms with van der Waals surface area (Å²) in [4.78, 5) is 26.5. The number of hydrogen-bond donors (Lipinski definition) is 3. The molecule has 0 spiro atoms. The van der Waals surface area contributed by atoms with Crippen LogP contribution in [-0.4, -0.2) is 32.9 Å². The minimum atomic E-state index is -0.792. The Morgan fingerprint density at radius 2 is 1.86 bits per heavy atom. The van der Waals surface area contributed by atoms with Gasteiger partial charge < -0.3 is 25.9 Å². The van der Waals surface area contributed by atoms with E-state index in [1.54, 1.807) is 29.9 Å². The number of hydrogen-bond acceptors (Lipinski definition) is 7. The number of carbonyl (C=O) groups excluding carboxylic acids is 1. The van der Waals surface area contributed by atoms with Crippen molar-refractivity contribution in [1.82, 2.24) is 14.2 Å². The fourth-order valence-corrected chi connectivity index (χ4v) is 4.99. The normalized spacial score (nSPS) is 11.7. The highest BCUT2D eigenvalue weighted by atomic mass is 19.1. The minimum Gasteiger partial charge on any atom is -0.479 e. The number of pyridine rings is 1. The molecular formula is C32H24F2N6O4. The standard InChI is InChI=1S/C32H24F2N6O4/c1-2-43-28-10-8-24(32(42)40(28)22-6-3-20(33)4-7-22)31(41)38-21-5-9-26(25(34)14-21)44-27-13-18-17-37-39-12-11-23(30(18)39)29(27)19(15-35)16-36/h3-17,35H,2,36H2,1H3,(H,38,41)/b19-16+,35-15?. The zero-order chi connectivity index (χ0) is 31.0. The molecule has 10 nitrogen and oxygen atoms in total. The number of anilines is 1. The van der Waals surface area contributed by atoms with E-state index in [1.807, 2.05) is 6.07 Å². The van der Waals surface area contributed by atoms with Gasteiger partial charge in [0, 0.05) is 52.3 Å². The summed E-state index contributed by atoms with van der Waals surface area (Å²) in [6, 6.07) is 15.2. The Labute approximate surface area is 248 Å². The van der Waals surface area contributed by atoms with E-state index in [1.165, 1.54) is 54.7 Å². The summed E-state index contributed by atoms with van der Waals surface area (Å²) in [5.74, 6) is -1.79. The van der Waals surface area contributed by atoms with Crippen molar-refractivity contribution in [2.24, 2.45) is 5.73 Å². The highest BCUT2D eigenvalue weighted by Gasteiger charge is 2.21. The second kappa shape index (κ2) is 11.3. The van der Waals surface area contributed by atoms with Crippen molar-refractivity contribution < 1.29 is 23.0 Å². The largest absolute Gasteiger partial charge is 0.479 e. The average molecular weight is 595 g/mol. The van der Waals surface area contributed by atoms with Gasteiger partial charge in [0.25, 0.3) is 11.5 Å². The molecule has 6 aromatic rings. The Morgan fingerprint density at radius 3 is 2.57 bits per heavy atom. The fraction of sp³-hybridized carbons (Fsp3) is 0.0625. The fourth-order valence-electron chi connectivity index (χ4n) is 4.99. The molecule has 0 radical (unpaired) electrons. The van der Waals surface area contributed by atoms with Crippen LogP contribution >= 0.6 is 0 Å². The van der Waals surface area contributed by atoms with Gasteiger partial charge in [-0.1, -0.05) is 0 Å². The molecule has 220 valence electrons. The van der Waals surface area contributed by atoms with Crippen LogP contribution < -0.4 is 26.1 Å². The van der Waals surface area contributed by atoms with Crippen molar-refractivity contribution in [3.63, 3.8) is 0 Å². The second-order valence-corrected chi connectivity index (χ2v) is 9.61. The van der Waals surface area contributed by atoms with Crippen LogP contribution in [0.1, 0.15) is 22.8 Å². The van der Waals surface area contributed by atoms with Crippen molar-refractivity contribution in [2.75, 3.05) is 11.9 Å². The number of aromatic nitrogens is 3. The van der Waals surface area contributed by atoms with Crippen LogP contribution in [0.5, 0.6) is 17.4 Å². The first-order chi connectivity index (χ1) is 21.3. The van der Waals surface area contributed by atoms with E-state index < -0.39 is 23.1 Å². The van der Waals surface area contributed by atoms with Crippen molar-refractivity contribution in [3.05, 3.63) is 118 Å². The molecule has 0 atom stereocenters. The number of carbonyl (C=O) groups is 1. The smallest absolute Gasteiger partial charge is 0.270 e. The third-order valence-electron chi connectivity index (χ3n) is 6.97. The third kappa shape index (κ3) is 4.87. The molecule has 44 heavy (non-hydrogen) atoms. The van der Waals surface area contributed by atoms with Gasteiger partial charge in [-0.25, -0.2) is 17.9 Å². The first-order valence-electron chi connectivity index (χ1n) is 13.4. The molecular weight excluding hydrogens is 570 g/mol. The van der Waals surface area contributed by atoms with E-state index in [4.69, 9.17) is 20.6 Å². The molecule has 0 unspecified atom stereocenters. The lowest BCUT2D eigenvalue weighted by atomic mass is 10.0. The summed E-state index contributed by atoms with van der Waals surface area (Å²) < 4.78 is 43.3.